The van der Waals surface area contributed by atoms with E-state index in [0.29, 0.717) is 6.54 Å². The molecular formula is C13H14N2O2S. The van der Waals surface area contributed by atoms with Gasteiger partial charge in [0.05, 0.1) is 0 Å². The van der Waals surface area contributed by atoms with Crippen LogP contribution in [0.3, 0.4) is 0 Å². The van der Waals surface area contributed by atoms with E-state index in [-0.39, 0.29) is 5.16 Å². The number of allylic oxidation sites excluding steroid dienone is 1. The Labute approximate surface area is 107 Å². The maximum atomic E-state index is 11.4. The zero-order chi connectivity index (χ0) is 13.0. The van der Waals surface area contributed by atoms with Crippen molar-refractivity contribution in [1.82, 2.24) is 9.55 Å². The Morgan fingerprint density at radius 1 is 1.28 bits per heavy atom. The molecule has 0 radical (unpaired) electrons. The highest BCUT2D eigenvalue weighted by Gasteiger charge is 2.13. The lowest BCUT2D eigenvalue weighted by Gasteiger charge is -2.02. The molecule has 0 atom stereocenters. The Kier molecular flexibility index (Phi) is 3.62. The van der Waals surface area contributed by atoms with Crippen molar-refractivity contribution in [1.29, 1.82) is 0 Å². The lowest BCUT2D eigenvalue weighted by Crippen LogP contribution is -2.07. The topological polar surface area (TPSA) is 52.0 Å². The molecule has 1 aromatic carbocycles. The van der Waals surface area contributed by atoms with Crippen molar-refractivity contribution in [2.75, 3.05) is 6.26 Å². The van der Waals surface area contributed by atoms with Crippen molar-refractivity contribution in [2.24, 2.45) is 0 Å². The third-order valence-corrected chi connectivity index (χ3v) is 3.42. The molecule has 2 aromatic rings. The predicted octanol–water partition coefficient (Wildman–Crippen LogP) is 2.00. The van der Waals surface area contributed by atoms with Gasteiger partial charge in [-0.15, -0.1) is 0 Å². The van der Waals surface area contributed by atoms with Crippen molar-refractivity contribution in [2.45, 2.75) is 11.7 Å². The molecular weight excluding hydrogens is 248 g/mol. The van der Waals surface area contributed by atoms with Gasteiger partial charge in [-0.2, -0.15) is 0 Å². The molecule has 1 aromatic heterocycles. The Morgan fingerprint density at radius 3 is 2.67 bits per heavy atom. The van der Waals surface area contributed by atoms with E-state index < -0.39 is 9.84 Å². The first kappa shape index (κ1) is 12.6. The first-order chi connectivity index (χ1) is 8.57. The van der Waals surface area contributed by atoms with Crippen LogP contribution < -0.4 is 0 Å². The standard InChI is InChI=1S/C13H14N2O2S/c1-18(16,17)13-14-9-11-15(13)10-5-8-12-6-3-2-4-7-12/h2-9,11H,10H2,1H3. The maximum Gasteiger partial charge on any atom is 0.227 e. The Morgan fingerprint density at radius 2 is 2.00 bits per heavy atom. The molecule has 0 unspecified atom stereocenters. The summed E-state index contributed by atoms with van der Waals surface area (Å²) < 4.78 is 24.5. The van der Waals surface area contributed by atoms with Crippen LogP contribution in [0.15, 0.2) is 54.0 Å². The lowest BCUT2D eigenvalue weighted by molar-refractivity contribution is 0.580. The fourth-order valence-electron chi connectivity index (χ4n) is 1.63. The maximum absolute atomic E-state index is 11.4. The second-order valence-corrected chi connectivity index (χ2v) is 5.86. The molecule has 0 saturated carbocycles. The summed E-state index contributed by atoms with van der Waals surface area (Å²) in [4.78, 5) is 3.85. The van der Waals surface area contributed by atoms with Crippen LogP contribution in [0.25, 0.3) is 6.08 Å². The average Bonchev–Trinajstić information content (AvgIpc) is 2.78. The molecule has 18 heavy (non-hydrogen) atoms. The van der Waals surface area contributed by atoms with Crippen LogP contribution in [0.4, 0.5) is 0 Å². The molecule has 0 bridgehead atoms. The van der Waals surface area contributed by atoms with E-state index in [4.69, 9.17) is 0 Å². The van der Waals surface area contributed by atoms with Gasteiger partial charge in [-0.1, -0.05) is 42.5 Å². The van der Waals surface area contributed by atoms with Crippen molar-refractivity contribution in [3.63, 3.8) is 0 Å². The molecule has 4 nitrogen and oxygen atoms in total. The summed E-state index contributed by atoms with van der Waals surface area (Å²) in [5.41, 5.74) is 1.08. The molecule has 0 saturated heterocycles. The minimum Gasteiger partial charge on any atom is -0.318 e. The summed E-state index contributed by atoms with van der Waals surface area (Å²) in [6.45, 7) is 0.483. The molecule has 0 aliphatic rings. The lowest BCUT2D eigenvalue weighted by atomic mass is 10.2. The van der Waals surface area contributed by atoms with Crippen molar-refractivity contribution in [3.05, 3.63) is 54.4 Å². The molecule has 2 rings (SSSR count). The second-order valence-electron chi connectivity index (χ2n) is 3.95. The quantitative estimate of drug-likeness (QED) is 0.846. The van der Waals surface area contributed by atoms with Gasteiger partial charge in [-0.05, 0) is 5.56 Å². The number of hydrogen-bond donors (Lipinski definition) is 0. The molecule has 0 N–H and O–H groups in total. The van der Waals surface area contributed by atoms with E-state index in [1.165, 1.54) is 6.20 Å². The highest BCUT2D eigenvalue weighted by Crippen LogP contribution is 2.07. The smallest absolute Gasteiger partial charge is 0.227 e. The number of hydrogen-bond acceptors (Lipinski definition) is 3. The van der Waals surface area contributed by atoms with Crippen molar-refractivity contribution in [3.8, 4) is 0 Å². The molecule has 5 heteroatoms. The average molecular weight is 262 g/mol. The van der Waals surface area contributed by atoms with Crippen LogP contribution in [0.5, 0.6) is 0 Å². The monoisotopic (exact) mass is 262 g/mol. The number of imidazole rings is 1. The van der Waals surface area contributed by atoms with Gasteiger partial charge >= 0.3 is 0 Å². The molecule has 1 heterocycles. The Balaban J connectivity index is 2.12. The Hall–Kier alpha value is -1.88. The molecule has 0 aliphatic heterocycles. The molecule has 0 spiro atoms. The Bertz CT molecular complexity index is 643. The zero-order valence-corrected chi connectivity index (χ0v) is 10.8. The van der Waals surface area contributed by atoms with Gasteiger partial charge < -0.3 is 4.57 Å². The fourth-order valence-corrected chi connectivity index (χ4v) is 2.44. The number of sulfone groups is 1. The van der Waals surface area contributed by atoms with Crippen LogP contribution >= 0.6 is 0 Å². The van der Waals surface area contributed by atoms with E-state index >= 15 is 0 Å². The number of nitrogens with zero attached hydrogens (tertiary/aromatic N) is 2. The fraction of sp³-hybridized carbons (Fsp3) is 0.154. The van der Waals surface area contributed by atoms with Crippen LogP contribution in [0.1, 0.15) is 5.56 Å². The summed E-state index contributed by atoms with van der Waals surface area (Å²) in [7, 11) is -3.27. The highest BCUT2D eigenvalue weighted by atomic mass is 32.2. The van der Waals surface area contributed by atoms with Crippen molar-refractivity contribution < 1.29 is 8.42 Å². The summed E-state index contributed by atoms with van der Waals surface area (Å²) in [5, 5.41) is 0.0974. The minimum atomic E-state index is -3.27. The van der Waals surface area contributed by atoms with Crippen LogP contribution in [-0.2, 0) is 16.4 Å². The van der Waals surface area contributed by atoms with E-state index in [0.717, 1.165) is 11.8 Å². The van der Waals surface area contributed by atoms with Crippen molar-refractivity contribution >= 4 is 15.9 Å². The van der Waals surface area contributed by atoms with Gasteiger partial charge in [0.2, 0.25) is 15.0 Å². The third-order valence-electron chi connectivity index (χ3n) is 2.42. The third kappa shape index (κ3) is 3.07. The minimum absolute atomic E-state index is 0.0974. The van der Waals surface area contributed by atoms with Gasteiger partial charge in [0, 0.05) is 25.2 Å². The predicted molar refractivity (Wildman–Crippen MR) is 70.8 cm³/mol. The zero-order valence-electron chi connectivity index (χ0n) is 10.0. The number of aromatic nitrogens is 2. The van der Waals surface area contributed by atoms with Gasteiger partial charge in [0.25, 0.3) is 0 Å². The van der Waals surface area contributed by atoms with E-state index in [2.05, 4.69) is 4.98 Å². The van der Waals surface area contributed by atoms with E-state index in [1.54, 1.807) is 10.8 Å². The van der Waals surface area contributed by atoms with Crippen LogP contribution in [0.2, 0.25) is 0 Å². The summed E-state index contributed by atoms with van der Waals surface area (Å²) >= 11 is 0. The number of benzene rings is 1. The van der Waals surface area contributed by atoms with Crippen LogP contribution in [-0.4, -0.2) is 24.2 Å². The summed E-state index contributed by atoms with van der Waals surface area (Å²) in [5.74, 6) is 0. The first-order valence-corrected chi connectivity index (χ1v) is 7.39. The van der Waals surface area contributed by atoms with E-state index in [9.17, 15) is 8.42 Å². The normalized spacial score (nSPS) is 12.1. The largest absolute Gasteiger partial charge is 0.318 e. The second kappa shape index (κ2) is 5.18. The summed E-state index contributed by atoms with van der Waals surface area (Å²) in [6, 6.07) is 9.84. The van der Waals surface area contributed by atoms with Gasteiger partial charge in [-0.3, -0.25) is 0 Å². The van der Waals surface area contributed by atoms with Gasteiger partial charge in [0.1, 0.15) is 0 Å². The first-order valence-electron chi connectivity index (χ1n) is 5.50. The molecule has 0 aliphatic carbocycles. The summed E-state index contributed by atoms with van der Waals surface area (Å²) in [6.07, 6.45) is 8.17. The van der Waals surface area contributed by atoms with Gasteiger partial charge in [-0.25, -0.2) is 13.4 Å². The molecule has 94 valence electrons. The van der Waals surface area contributed by atoms with Gasteiger partial charge in [0.15, 0.2) is 0 Å². The SMILES string of the molecule is CS(=O)(=O)c1nccn1CC=Cc1ccccc1. The number of rotatable bonds is 4. The molecule has 0 fully saturated rings. The molecule has 0 amide bonds. The van der Waals surface area contributed by atoms with Crippen LogP contribution in [0, 0.1) is 0 Å². The highest BCUT2D eigenvalue weighted by molar-refractivity contribution is 7.90. The van der Waals surface area contributed by atoms with E-state index in [1.807, 2.05) is 42.5 Å².